The zero-order chi connectivity index (χ0) is 22.9. The molecule has 1 saturated heterocycles. The smallest absolute Gasteiger partial charge is 0.251 e. The molecule has 1 unspecified atom stereocenters. The Kier molecular flexibility index (Phi) is 6.15. The van der Waals surface area contributed by atoms with Crippen LogP contribution in [0, 0.1) is 13.8 Å². The molecule has 4 rings (SSSR count). The van der Waals surface area contributed by atoms with Crippen molar-refractivity contribution in [3.63, 3.8) is 0 Å². The maximum Gasteiger partial charge on any atom is 0.251 e. The number of fused-ring (bicyclic) bond motifs is 1. The molecule has 2 N–H and O–H groups in total. The molecule has 1 aromatic heterocycles. The van der Waals surface area contributed by atoms with Gasteiger partial charge in [-0.25, -0.2) is 9.97 Å². The van der Waals surface area contributed by atoms with Crippen LogP contribution < -0.4 is 10.2 Å². The fourth-order valence-electron chi connectivity index (χ4n) is 4.15. The molecule has 3 aromatic rings. The Morgan fingerprint density at radius 2 is 1.88 bits per heavy atom. The van der Waals surface area contributed by atoms with Crippen molar-refractivity contribution >= 4 is 22.6 Å². The number of carbonyl (C=O) groups excluding carboxylic acids is 1. The Bertz CT molecular complexity index is 1130. The molecule has 2 aromatic carbocycles. The third-order valence-corrected chi connectivity index (χ3v) is 6.53. The van der Waals surface area contributed by atoms with Crippen molar-refractivity contribution in [1.29, 1.82) is 0 Å². The van der Waals surface area contributed by atoms with Gasteiger partial charge in [0.2, 0.25) is 0 Å². The van der Waals surface area contributed by atoms with E-state index in [2.05, 4.69) is 54.4 Å². The number of piperidine rings is 1. The molecule has 6 heteroatoms. The molecule has 0 aliphatic carbocycles. The Labute approximate surface area is 189 Å². The van der Waals surface area contributed by atoms with Gasteiger partial charge in [-0.3, -0.25) is 4.79 Å². The number of benzene rings is 2. The highest BCUT2D eigenvalue weighted by Crippen LogP contribution is 2.31. The van der Waals surface area contributed by atoms with Crippen LogP contribution in [-0.4, -0.2) is 45.7 Å². The van der Waals surface area contributed by atoms with Crippen LogP contribution in [0.3, 0.4) is 0 Å². The Balaban J connectivity index is 1.62. The van der Waals surface area contributed by atoms with Gasteiger partial charge >= 0.3 is 0 Å². The molecule has 1 aliphatic heterocycles. The topological polar surface area (TPSA) is 78.4 Å². The fraction of sp³-hybridized carbons (Fsp3) is 0.423. The van der Waals surface area contributed by atoms with Gasteiger partial charge in [-0.05, 0) is 63.3 Å². The summed E-state index contributed by atoms with van der Waals surface area (Å²) >= 11 is 0. The van der Waals surface area contributed by atoms with Crippen molar-refractivity contribution in [2.45, 2.75) is 58.6 Å². The molecule has 32 heavy (non-hydrogen) atoms. The largest absolute Gasteiger partial charge is 0.380 e. The summed E-state index contributed by atoms with van der Waals surface area (Å²) in [6, 6.07) is 14.6. The van der Waals surface area contributed by atoms with Crippen molar-refractivity contribution in [3.05, 3.63) is 53.6 Å². The molecule has 1 amide bonds. The van der Waals surface area contributed by atoms with E-state index in [0.29, 0.717) is 6.42 Å². The predicted octanol–water partition coefficient (Wildman–Crippen LogP) is 4.16. The van der Waals surface area contributed by atoms with E-state index in [0.717, 1.165) is 59.6 Å². The van der Waals surface area contributed by atoms with Crippen LogP contribution in [0.25, 0.3) is 22.3 Å². The SMILES string of the molecule is CCC(C)(O)C(=O)NC1CCN(c2nc(-c3ccccc3C)nc3cc(C)ccc23)CC1. The average molecular weight is 433 g/mol. The first-order valence-electron chi connectivity index (χ1n) is 11.4. The third-order valence-electron chi connectivity index (χ3n) is 6.53. The molecular weight excluding hydrogens is 400 g/mol. The van der Waals surface area contributed by atoms with Gasteiger partial charge in [0.1, 0.15) is 11.4 Å². The summed E-state index contributed by atoms with van der Waals surface area (Å²) in [5.41, 5.74) is 2.99. The van der Waals surface area contributed by atoms with E-state index in [9.17, 15) is 9.90 Å². The maximum atomic E-state index is 12.4. The number of rotatable bonds is 5. The van der Waals surface area contributed by atoms with Crippen molar-refractivity contribution in [2.24, 2.45) is 0 Å². The quantitative estimate of drug-likeness (QED) is 0.633. The third kappa shape index (κ3) is 4.46. The normalized spacial score (nSPS) is 16.7. The van der Waals surface area contributed by atoms with E-state index in [1.54, 1.807) is 6.92 Å². The number of aryl methyl sites for hydroxylation is 2. The zero-order valence-electron chi connectivity index (χ0n) is 19.4. The highest BCUT2D eigenvalue weighted by molar-refractivity contribution is 5.92. The number of aromatic nitrogens is 2. The van der Waals surface area contributed by atoms with Crippen LogP contribution in [0.1, 0.15) is 44.2 Å². The van der Waals surface area contributed by atoms with Gasteiger partial charge in [0.25, 0.3) is 5.91 Å². The highest BCUT2D eigenvalue weighted by atomic mass is 16.3. The van der Waals surface area contributed by atoms with Gasteiger partial charge < -0.3 is 15.3 Å². The first-order chi connectivity index (χ1) is 15.3. The zero-order valence-corrected chi connectivity index (χ0v) is 19.4. The fourth-order valence-corrected chi connectivity index (χ4v) is 4.15. The summed E-state index contributed by atoms with van der Waals surface area (Å²) in [5.74, 6) is 1.40. The van der Waals surface area contributed by atoms with E-state index >= 15 is 0 Å². The van der Waals surface area contributed by atoms with E-state index in [1.165, 1.54) is 5.56 Å². The number of nitrogens with zero attached hydrogens (tertiary/aromatic N) is 3. The second-order valence-electron chi connectivity index (χ2n) is 9.07. The molecule has 0 saturated carbocycles. The number of nitrogens with one attached hydrogen (secondary N) is 1. The summed E-state index contributed by atoms with van der Waals surface area (Å²) in [7, 11) is 0. The monoisotopic (exact) mass is 432 g/mol. The molecule has 2 heterocycles. The van der Waals surface area contributed by atoms with Crippen LogP contribution in [0.2, 0.25) is 0 Å². The van der Waals surface area contributed by atoms with Crippen LogP contribution in [-0.2, 0) is 4.79 Å². The lowest BCUT2D eigenvalue weighted by Crippen LogP contribution is -2.51. The molecule has 1 fully saturated rings. The molecule has 6 nitrogen and oxygen atoms in total. The Morgan fingerprint density at radius 1 is 1.16 bits per heavy atom. The minimum atomic E-state index is -1.32. The van der Waals surface area contributed by atoms with E-state index in [1.807, 2.05) is 19.1 Å². The van der Waals surface area contributed by atoms with Crippen LogP contribution in [0.4, 0.5) is 5.82 Å². The van der Waals surface area contributed by atoms with Crippen LogP contribution >= 0.6 is 0 Å². The first-order valence-corrected chi connectivity index (χ1v) is 11.4. The molecule has 0 radical (unpaired) electrons. The minimum Gasteiger partial charge on any atom is -0.380 e. The highest BCUT2D eigenvalue weighted by Gasteiger charge is 2.31. The summed E-state index contributed by atoms with van der Waals surface area (Å²) in [5, 5.41) is 14.3. The van der Waals surface area contributed by atoms with Crippen molar-refractivity contribution in [3.8, 4) is 11.4 Å². The van der Waals surface area contributed by atoms with Gasteiger partial charge in [-0.1, -0.05) is 37.3 Å². The lowest BCUT2D eigenvalue weighted by molar-refractivity contribution is -0.139. The molecule has 168 valence electrons. The number of aliphatic hydroxyl groups is 1. The second kappa shape index (κ2) is 8.87. The predicted molar refractivity (Wildman–Crippen MR) is 129 cm³/mol. The number of carbonyl (C=O) groups is 1. The van der Waals surface area contributed by atoms with Crippen LogP contribution in [0.15, 0.2) is 42.5 Å². The molecule has 1 atom stereocenters. The molecule has 0 spiro atoms. The summed E-state index contributed by atoms with van der Waals surface area (Å²) in [6.07, 6.45) is 2.01. The summed E-state index contributed by atoms with van der Waals surface area (Å²) in [4.78, 5) is 24.6. The van der Waals surface area contributed by atoms with E-state index < -0.39 is 5.60 Å². The minimum absolute atomic E-state index is 0.0583. The number of hydrogen-bond donors (Lipinski definition) is 2. The Hall–Kier alpha value is -2.99. The molecular formula is C26H32N4O2. The van der Waals surface area contributed by atoms with Crippen molar-refractivity contribution in [2.75, 3.05) is 18.0 Å². The van der Waals surface area contributed by atoms with Gasteiger partial charge in [-0.15, -0.1) is 0 Å². The van der Waals surface area contributed by atoms with Crippen molar-refractivity contribution < 1.29 is 9.90 Å². The van der Waals surface area contributed by atoms with E-state index in [-0.39, 0.29) is 11.9 Å². The number of amides is 1. The van der Waals surface area contributed by atoms with E-state index in [4.69, 9.17) is 9.97 Å². The summed E-state index contributed by atoms with van der Waals surface area (Å²) in [6.45, 7) is 9.11. The van der Waals surface area contributed by atoms with Crippen LogP contribution in [0.5, 0.6) is 0 Å². The number of hydrogen-bond acceptors (Lipinski definition) is 5. The van der Waals surface area contributed by atoms with Gasteiger partial charge in [0.05, 0.1) is 5.52 Å². The number of anilines is 1. The summed E-state index contributed by atoms with van der Waals surface area (Å²) < 4.78 is 0. The lowest BCUT2D eigenvalue weighted by Gasteiger charge is -2.35. The average Bonchev–Trinajstić information content (AvgIpc) is 2.79. The van der Waals surface area contributed by atoms with Crippen molar-refractivity contribution in [1.82, 2.24) is 15.3 Å². The molecule has 0 bridgehead atoms. The van der Waals surface area contributed by atoms with Gasteiger partial charge in [0, 0.05) is 30.1 Å². The van der Waals surface area contributed by atoms with Gasteiger partial charge in [0.15, 0.2) is 5.82 Å². The first kappa shape index (κ1) is 22.2. The Morgan fingerprint density at radius 3 is 2.56 bits per heavy atom. The maximum absolute atomic E-state index is 12.4. The lowest BCUT2D eigenvalue weighted by atomic mass is 9.99. The molecule has 1 aliphatic rings. The standard InChI is InChI=1S/C26H32N4O2/c1-5-26(4,32)25(31)27-19-12-14-30(15-13-19)24-21-11-10-17(2)16-22(21)28-23(29-24)20-9-7-6-8-18(20)3/h6-11,16,19,32H,5,12-15H2,1-4H3,(H,27,31). The second-order valence-corrected chi connectivity index (χ2v) is 9.07. The van der Waals surface area contributed by atoms with Gasteiger partial charge in [-0.2, -0.15) is 0 Å².